The first-order valence-electron chi connectivity index (χ1n) is 6.65. The molecule has 0 bridgehead atoms. The Morgan fingerprint density at radius 1 is 1.05 bits per heavy atom. The third kappa shape index (κ3) is 3.51. The van der Waals surface area contributed by atoms with E-state index in [-0.39, 0.29) is 10.4 Å². The van der Waals surface area contributed by atoms with Crippen molar-refractivity contribution in [3.63, 3.8) is 0 Å². The highest BCUT2D eigenvalue weighted by atomic mass is 35.5. The molecule has 0 saturated heterocycles. The molecule has 0 amide bonds. The van der Waals surface area contributed by atoms with Crippen LogP contribution >= 0.6 is 11.6 Å². The summed E-state index contributed by atoms with van der Waals surface area (Å²) in [5.74, 6) is -0.402. The second kappa shape index (κ2) is 5.84. The van der Waals surface area contributed by atoms with E-state index in [9.17, 15) is 4.39 Å². The van der Waals surface area contributed by atoms with Crippen molar-refractivity contribution in [2.24, 2.45) is 0 Å². The summed E-state index contributed by atoms with van der Waals surface area (Å²) in [4.78, 5) is 0. The van der Waals surface area contributed by atoms with Crippen molar-refractivity contribution in [3.05, 3.63) is 64.4 Å². The predicted octanol–water partition coefficient (Wildman–Crippen LogP) is 5.39. The normalized spacial score (nSPS) is 11.4. The van der Waals surface area contributed by atoms with Crippen LogP contribution in [0.5, 0.6) is 0 Å². The van der Waals surface area contributed by atoms with E-state index in [1.165, 1.54) is 5.56 Å². The lowest BCUT2D eigenvalue weighted by atomic mass is 9.87. The molecule has 2 rings (SSSR count). The molecule has 0 spiro atoms. The van der Waals surface area contributed by atoms with E-state index in [1.807, 2.05) is 0 Å². The maximum Gasteiger partial charge on any atom is 0.164 e. The summed E-state index contributed by atoms with van der Waals surface area (Å²) < 4.78 is 13.7. The molecule has 0 heterocycles. The number of rotatable bonds is 3. The first kappa shape index (κ1) is 14.9. The number of nitrogens with one attached hydrogen (secondary N) is 1. The van der Waals surface area contributed by atoms with Crippen molar-refractivity contribution in [2.45, 2.75) is 32.7 Å². The van der Waals surface area contributed by atoms with Gasteiger partial charge < -0.3 is 5.32 Å². The van der Waals surface area contributed by atoms with Gasteiger partial charge in [0.2, 0.25) is 0 Å². The lowest BCUT2D eigenvalue weighted by molar-refractivity contribution is 0.590. The van der Waals surface area contributed by atoms with Gasteiger partial charge in [0, 0.05) is 6.54 Å². The summed E-state index contributed by atoms with van der Waals surface area (Å²) in [6, 6.07) is 13.3. The number of benzene rings is 2. The summed E-state index contributed by atoms with van der Waals surface area (Å²) in [7, 11) is 0. The molecule has 0 unspecified atom stereocenters. The largest absolute Gasteiger partial charge is 0.379 e. The zero-order valence-corrected chi connectivity index (χ0v) is 12.8. The predicted molar refractivity (Wildman–Crippen MR) is 83.9 cm³/mol. The van der Waals surface area contributed by atoms with Gasteiger partial charge in [-0.15, -0.1) is 0 Å². The number of hydrogen-bond donors (Lipinski definition) is 1. The second-order valence-electron chi connectivity index (χ2n) is 5.90. The topological polar surface area (TPSA) is 12.0 Å². The van der Waals surface area contributed by atoms with E-state index in [2.05, 4.69) is 50.4 Å². The third-order valence-corrected chi connectivity index (χ3v) is 3.55. The summed E-state index contributed by atoms with van der Waals surface area (Å²) >= 11 is 5.75. The standard InChI is InChI=1S/C17H19ClFN/c1-17(2,3)13-9-7-12(8-10-13)11-20-15-6-4-5-14(18)16(15)19/h4-10,20H,11H2,1-3H3. The zero-order valence-electron chi connectivity index (χ0n) is 12.0. The molecule has 0 atom stereocenters. The van der Waals surface area contributed by atoms with Crippen molar-refractivity contribution in [3.8, 4) is 0 Å². The van der Waals surface area contributed by atoms with E-state index < -0.39 is 5.82 Å². The van der Waals surface area contributed by atoms with Gasteiger partial charge >= 0.3 is 0 Å². The Balaban J connectivity index is 2.06. The van der Waals surface area contributed by atoms with Crippen LogP contribution in [0.4, 0.5) is 10.1 Å². The van der Waals surface area contributed by atoms with Crippen LogP contribution in [0.1, 0.15) is 31.9 Å². The van der Waals surface area contributed by atoms with Gasteiger partial charge in [-0.05, 0) is 28.7 Å². The number of halogens is 2. The van der Waals surface area contributed by atoms with Crippen LogP contribution in [0.15, 0.2) is 42.5 Å². The molecule has 0 aliphatic rings. The molecule has 20 heavy (non-hydrogen) atoms. The monoisotopic (exact) mass is 291 g/mol. The summed E-state index contributed by atoms with van der Waals surface area (Å²) in [5.41, 5.74) is 2.97. The Morgan fingerprint density at radius 3 is 2.30 bits per heavy atom. The molecule has 2 aromatic carbocycles. The summed E-state index contributed by atoms with van der Waals surface area (Å²) in [5, 5.41) is 3.21. The SMILES string of the molecule is CC(C)(C)c1ccc(CNc2cccc(Cl)c2F)cc1. The van der Waals surface area contributed by atoms with E-state index in [0.29, 0.717) is 12.2 Å². The smallest absolute Gasteiger partial charge is 0.164 e. The molecule has 0 saturated carbocycles. The molecule has 106 valence electrons. The minimum atomic E-state index is -0.402. The van der Waals surface area contributed by atoms with Gasteiger partial charge in [-0.25, -0.2) is 4.39 Å². The zero-order chi connectivity index (χ0) is 14.8. The fourth-order valence-electron chi connectivity index (χ4n) is 1.96. The molecule has 1 N–H and O–H groups in total. The van der Waals surface area contributed by atoms with Gasteiger partial charge in [0.15, 0.2) is 5.82 Å². The van der Waals surface area contributed by atoms with Gasteiger partial charge in [-0.3, -0.25) is 0 Å². The average Bonchev–Trinajstić information content (AvgIpc) is 2.40. The Morgan fingerprint density at radius 2 is 1.70 bits per heavy atom. The van der Waals surface area contributed by atoms with Crippen molar-refractivity contribution in [1.29, 1.82) is 0 Å². The van der Waals surface area contributed by atoms with Gasteiger partial charge in [0.05, 0.1) is 10.7 Å². The van der Waals surface area contributed by atoms with Gasteiger partial charge in [0.1, 0.15) is 0 Å². The van der Waals surface area contributed by atoms with Crippen molar-refractivity contribution in [2.75, 3.05) is 5.32 Å². The quantitative estimate of drug-likeness (QED) is 0.799. The van der Waals surface area contributed by atoms with Crippen molar-refractivity contribution >= 4 is 17.3 Å². The lowest BCUT2D eigenvalue weighted by Gasteiger charge is -2.19. The Hall–Kier alpha value is -1.54. The molecular formula is C17H19ClFN. The van der Waals surface area contributed by atoms with Gasteiger partial charge in [-0.1, -0.05) is 62.7 Å². The van der Waals surface area contributed by atoms with Crippen molar-refractivity contribution in [1.82, 2.24) is 0 Å². The maximum atomic E-state index is 13.7. The molecule has 2 aromatic rings. The van der Waals surface area contributed by atoms with Crippen LogP contribution in [0.25, 0.3) is 0 Å². The molecule has 0 radical (unpaired) electrons. The van der Waals surface area contributed by atoms with Gasteiger partial charge in [0.25, 0.3) is 0 Å². The highest BCUT2D eigenvalue weighted by molar-refractivity contribution is 6.31. The summed E-state index contributed by atoms with van der Waals surface area (Å²) in [6.45, 7) is 7.12. The molecule has 0 aromatic heterocycles. The molecule has 0 aliphatic carbocycles. The van der Waals surface area contributed by atoms with Crippen LogP contribution in [-0.2, 0) is 12.0 Å². The molecule has 0 aliphatic heterocycles. The van der Waals surface area contributed by atoms with E-state index >= 15 is 0 Å². The minimum absolute atomic E-state index is 0.137. The second-order valence-corrected chi connectivity index (χ2v) is 6.31. The Labute approximate surface area is 124 Å². The Bertz CT molecular complexity index is 585. The first-order valence-corrected chi connectivity index (χ1v) is 7.03. The highest BCUT2D eigenvalue weighted by Gasteiger charge is 2.12. The fraction of sp³-hybridized carbons (Fsp3) is 0.294. The average molecular weight is 292 g/mol. The lowest BCUT2D eigenvalue weighted by Crippen LogP contribution is -2.11. The third-order valence-electron chi connectivity index (χ3n) is 3.25. The molecule has 1 nitrogen and oxygen atoms in total. The van der Waals surface area contributed by atoms with Crippen LogP contribution in [0.3, 0.4) is 0 Å². The van der Waals surface area contributed by atoms with Crippen LogP contribution < -0.4 is 5.32 Å². The van der Waals surface area contributed by atoms with Crippen LogP contribution in [0.2, 0.25) is 5.02 Å². The van der Waals surface area contributed by atoms with Gasteiger partial charge in [-0.2, -0.15) is 0 Å². The van der Waals surface area contributed by atoms with Crippen molar-refractivity contribution < 1.29 is 4.39 Å². The summed E-state index contributed by atoms with van der Waals surface area (Å²) in [6.07, 6.45) is 0. The number of hydrogen-bond acceptors (Lipinski definition) is 1. The first-order chi connectivity index (χ1) is 9.38. The highest BCUT2D eigenvalue weighted by Crippen LogP contribution is 2.24. The minimum Gasteiger partial charge on any atom is -0.379 e. The fourth-order valence-corrected chi connectivity index (χ4v) is 2.13. The van der Waals surface area contributed by atoms with E-state index in [4.69, 9.17) is 11.6 Å². The Kier molecular flexibility index (Phi) is 4.34. The van der Waals surface area contributed by atoms with Crippen LogP contribution in [-0.4, -0.2) is 0 Å². The number of anilines is 1. The van der Waals surface area contributed by atoms with Crippen LogP contribution in [0, 0.1) is 5.82 Å². The van der Waals surface area contributed by atoms with E-state index in [0.717, 1.165) is 5.56 Å². The molecular weight excluding hydrogens is 273 g/mol. The van der Waals surface area contributed by atoms with E-state index in [1.54, 1.807) is 18.2 Å². The molecule has 3 heteroatoms. The molecule has 0 fully saturated rings. The maximum absolute atomic E-state index is 13.7.